The second-order valence-corrected chi connectivity index (χ2v) is 6.30. The van der Waals surface area contributed by atoms with Crippen molar-refractivity contribution in [1.29, 1.82) is 0 Å². The lowest BCUT2D eigenvalue weighted by Crippen LogP contribution is -2.20. The number of nitrogens with one attached hydrogen (secondary N) is 1. The summed E-state index contributed by atoms with van der Waals surface area (Å²) >= 11 is 3.52. The van der Waals surface area contributed by atoms with Gasteiger partial charge in [-0.15, -0.1) is 0 Å². The number of hydrogen-bond donors (Lipinski definition) is 1. The van der Waals surface area contributed by atoms with Crippen LogP contribution in [-0.4, -0.2) is 27.3 Å². The number of nitrogens with zero attached hydrogens (tertiary/aromatic N) is 4. The molecule has 2 heterocycles. The molecule has 3 aromatic rings. The van der Waals surface area contributed by atoms with Crippen LogP contribution in [0.15, 0.2) is 59.1 Å². The smallest absolute Gasteiger partial charge is 0.248 e. The maximum Gasteiger partial charge on any atom is 0.248 e. The topological polar surface area (TPSA) is 64.9 Å². The van der Waals surface area contributed by atoms with Gasteiger partial charge in [0.1, 0.15) is 11.8 Å². The first kappa shape index (κ1) is 14.9. The van der Waals surface area contributed by atoms with Gasteiger partial charge in [0.2, 0.25) is 5.95 Å². The highest BCUT2D eigenvalue weighted by Gasteiger charge is 2.24. The molecule has 1 aromatic heterocycles. The standard InChI is InChI=1S/C17H14BrN5O/c1-24-14-7-5-11(6-8-14)15-10-16(12-3-2-4-13(18)9-12)23-17(19-15)20-21-22-23/h2-10,16H,1H3,(H,19,20,22)/t16-/m1/s1. The minimum Gasteiger partial charge on any atom is -0.497 e. The van der Waals surface area contributed by atoms with Crippen molar-refractivity contribution in [2.75, 3.05) is 12.4 Å². The maximum atomic E-state index is 5.22. The Hall–Kier alpha value is -2.67. The fraction of sp³-hybridized carbons (Fsp3) is 0.118. The molecule has 0 spiro atoms. The van der Waals surface area contributed by atoms with Crippen LogP contribution in [0.1, 0.15) is 17.2 Å². The number of fused-ring (bicyclic) bond motifs is 1. The minimum atomic E-state index is -0.0779. The average molecular weight is 384 g/mol. The van der Waals surface area contributed by atoms with E-state index in [-0.39, 0.29) is 6.04 Å². The summed E-state index contributed by atoms with van der Waals surface area (Å²) < 4.78 is 8.02. The molecule has 0 aliphatic carbocycles. The van der Waals surface area contributed by atoms with Crippen molar-refractivity contribution in [3.05, 3.63) is 70.2 Å². The first-order valence-electron chi connectivity index (χ1n) is 7.41. The van der Waals surface area contributed by atoms with Crippen LogP contribution in [0.2, 0.25) is 0 Å². The average Bonchev–Trinajstić information content (AvgIpc) is 3.09. The van der Waals surface area contributed by atoms with Gasteiger partial charge in [0, 0.05) is 10.2 Å². The SMILES string of the molecule is COc1ccc(C2=C[C@H](c3cccc(Br)c3)n3nnnc3N2)cc1. The van der Waals surface area contributed by atoms with Crippen LogP contribution in [0.4, 0.5) is 5.95 Å². The summed E-state index contributed by atoms with van der Waals surface area (Å²) in [7, 11) is 1.66. The second kappa shape index (κ2) is 6.09. The van der Waals surface area contributed by atoms with E-state index in [1.54, 1.807) is 11.8 Å². The van der Waals surface area contributed by atoms with Crippen LogP contribution in [0.5, 0.6) is 5.75 Å². The summed E-state index contributed by atoms with van der Waals surface area (Å²) in [5.41, 5.74) is 3.11. The summed E-state index contributed by atoms with van der Waals surface area (Å²) in [4.78, 5) is 0. The van der Waals surface area contributed by atoms with E-state index < -0.39 is 0 Å². The van der Waals surface area contributed by atoms with Crippen LogP contribution in [0.25, 0.3) is 5.70 Å². The van der Waals surface area contributed by atoms with Gasteiger partial charge in [0.15, 0.2) is 0 Å². The van der Waals surface area contributed by atoms with Gasteiger partial charge in [-0.1, -0.05) is 33.2 Å². The molecule has 4 rings (SSSR count). The van der Waals surface area contributed by atoms with E-state index in [2.05, 4.69) is 55.0 Å². The third kappa shape index (κ3) is 2.67. The minimum absolute atomic E-state index is 0.0779. The van der Waals surface area contributed by atoms with Gasteiger partial charge in [-0.05, 0) is 64.0 Å². The van der Waals surface area contributed by atoms with Crippen molar-refractivity contribution in [3.63, 3.8) is 0 Å². The van der Waals surface area contributed by atoms with Crippen molar-refractivity contribution in [3.8, 4) is 5.75 Å². The van der Waals surface area contributed by atoms with Crippen LogP contribution in [0.3, 0.4) is 0 Å². The highest BCUT2D eigenvalue weighted by molar-refractivity contribution is 9.10. The molecule has 24 heavy (non-hydrogen) atoms. The lowest BCUT2D eigenvalue weighted by Gasteiger charge is -2.23. The first-order valence-corrected chi connectivity index (χ1v) is 8.20. The van der Waals surface area contributed by atoms with Gasteiger partial charge in [-0.25, -0.2) is 0 Å². The molecule has 1 aliphatic rings. The summed E-state index contributed by atoms with van der Waals surface area (Å²) in [5.74, 6) is 1.44. The quantitative estimate of drug-likeness (QED) is 0.749. The van der Waals surface area contributed by atoms with Gasteiger partial charge in [-0.2, -0.15) is 4.68 Å². The summed E-state index contributed by atoms with van der Waals surface area (Å²) in [6.07, 6.45) is 2.12. The molecule has 0 saturated carbocycles. The van der Waals surface area contributed by atoms with Crippen molar-refractivity contribution in [2.45, 2.75) is 6.04 Å². The van der Waals surface area contributed by atoms with E-state index in [4.69, 9.17) is 4.74 Å². The molecule has 1 aliphatic heterocycles. The van der Waals surface area contributed by atoms with Crippen LogP contribution in [0, 0.1) is 0 Å². The van der Waals surface area contributed by atoms with Crippen molar-refractivity contribution >= 4 is 27.6 Å². The number of rotatable bonds is 3. The van der Waals surface area contributed by atoms with Gasteiger partial charge in [-0.3, -0.25) is 0 Å². The molecule has 0 saturated heterocycles. The Balaban J connectivity index is 1.78. The lowest BCUT2D eigenvalue weighted by atomic mass is 10.0. The van der Waals surface area contributed by atoms with Gasteiger partial charge < -0.3 is 10.1 Å². The number of allylic oxidation sites excluding steroid dienone is 1. The number of ether oxygens (including phenoxy) is 1. The highest BCUT2D eigenvalue weighted by Crippen LogP contribution is 2.32. The molecule has 6 nitrogen and oxygen atoms in total. The van der Waals surface area contributed by atoms with Gasteiger partial charge >= 0.3 is 0 Å². The Kier molecular flexibility index (Phi) is 3.78. The van der Waals surface area contributed by atoms with Crippen LogP contribution < -0.4 is 10.1 Å². The Morgan fingerprint density at radius 2 is 2.00 bits per heavy atom. The molecule has 0 amide bonds. The molecule has 0 bridgehead atoms. The molecule has 7 heteroatoms. The number of hydrogen-bond acceptors (Lipinski definition) is 5. The Morgan fingerprint density at radius 1 is 1.17 bits per heavy atom. The van der Waals surface area contributed by atoms with E-state index in [0.717, 1.165) is 27.0 Å². The highest BCUT2D eigenvalue weighted by atomic mass is 79.9. The normalized spacial score (nSPS) is 16.1. The number of benzene rings is 2. The van der Waals surface area contributed by atoms with Gasteiger partial charge in [0.25, 0.3) is 0 Å². The monoisotopic (exact) mass is 383 g/mol. The van der Waals surface area contributed by atoms with Crippen molar-refractivity contribution in [2.24, 2.45) is 0 Å². The van der Waals surface area contributed by atoms with Crippen LogP contribution in [-0.2, 0) is 0 Å². The predicted octanol–water partition coefficient (Wildman–Crippen LogP) is 3.50. The number of aromatic nitrogens is 4. The van der Waals surface area contributed by atoms with E-state index in [1.807, 2.05) is 36.4 Å². The van der Waals surface area contributed by atoms with Crippen molar-refractivity contribution < 1.29 is 4.74 Å². The first-order chi connectivity index (χ1) is 11.7. The van der Waals surface area contributed by atoms with E-state index in [0.29, 0.717) is 5.95 Å². The molecule has 0 fully saturated rings. The summed E-state index contributed by atoms with van der Waals surface area (Å²) in [6.45, 7) is 0. The fourth-order valence-electron chi connectivity index (χ4n) is 2.72. The molecular weight excluding hydrogens is 370 g/mol. The van der Waals surface area contributed by atoms with E-state index >= 15 is 0 Å². The second-order valence-electron chi connectivity index (χ2n) is 5.38. The molecule has 0 unspecified atom stereocenters. The zero-order valence-electron chi connectivity index (χ0n) is 12.8. The summed E-state index contributed by atoms with van der Waals surface area (Å²) in [5, 5.41) is 15.3. The number of methoxy groups -OCH3 is 1. The third-order valence-electron chi connectivity index (χ3n) is 3.92. The third-order valence-corrected chi connectivity index (χ3v) is 4.41. The van der Waals surface area contributed by atoms with E-state index in [1.165, 1.54) is 0 Å². The maximum absolute atomic E-state index is 5.22. The lowest BCUT2D eigenvalue weighted by molar-refractivity contribution is 0.415. The molecule has 120 valence electrons. The fourth-order valence-corrected chi connectivity index (χ4v) is 3.14. The largest absolute Gasteiger partial charge is 0.497 e. The zero-order valence-corrected chi connectivity index (χ0v) is 14.4. The molecule has 1 N–H and O–H groups in total. The number of tetrazole rings is 1. The molecule has 2 aromatic carbocycles. The van der Waals surface area contributed by atoms with Gasteiger partial charge in [0.05, 0.1) is 7.11 Å². The number of halogens is 1. The molecule has 0 radical (unpaired) electrons. The summed E-state index contributed by atoms with van der Waals surface area (Å²) in [6, 6.07) is 16.0. The van der Waals surface area contributed by atoms with Crippen LogP contribution >= 0.6 is 15.9 Å². The predicted molar refractivity (Wildman–Crippen MR) is 94.7 cm³/mol. The Morgan fingerprint density at radius 3 is 2.75 bits per heavy atom. The van der Waals surface area contributed by atoms with E-state index in [9.17, 15) is 0 Å². The Bertz CT molecular complexity index is 903. The Labute approximate surface area is 147 Å². The number of anilines is 1. The van der Waals surface area contributed by atoms with Crippen molar-refractivity contribution in [1.82, 2.24) is 20.2 Å². The zero-order chi connectivity index (χ0) is 16.5. The molecule has 1 atom stereocenters. The molecular formula is C17H14BrN5O.